The Morgan fingerprint density at radius 1 is 0.863 bits per heavy atom. The molecule has 0 aliphatic carbocycles. The summed E-state index contributed by atoms with van der Waals surface area (Å²) >= 11 is 0. The van der Waals surface area contributed by atoms with Gasteiger partial charge >= 0.3 is 0 Å². The Bertz CT molecular complexity index is 1760. The Balaban J connectivity index is 1.59. The van der Waals surface area contributed by atoms with Gasteiger partial charge in [0, 0.05) is 19.6 Å². The first-order chi connectivity index (χ1) is 24.0. The molecule has 274 valence electrons. The highest BCUT2D eigenvalue weighted by Crippen LogP contribution is 2.46. The van der Waals surface area contributed by atoms with Gasteiger partial charge < -0.3 is 23.6 Å². The van der Waals surface area contributed by atoms with Crippen LogP contribution in [0, 0.1) is 11.3 Å². The summed E-state index contributed by atoms with van der Waals surface area (Å²) in [6.45, 7) is 23.4. The lowest BCUT2D eigenvalue weighted by molar-refractivity contribution is -0.0562. The van der Waals surface area contributed by atoms with E-state index in [2.05, 4.69) is 128 Å². The van der Waals surface area contributed by atoms with Crippen molar-refractivity contribution in [2.75, 3.05) is 25.6 Å². The maximum absolute atomic E-state index is 9.74. The molecule has 2 aromatic heterocycles. The molecule has 10 nitrogen and oxygen atoms in total. The van der Waals surface area contributed by atoms with Crippen molar-refractivity contribution in [2.45, 2.75) is 115 Å². The van der Waals surface area contributed by atoms with Crippen LogP contribution in [0.2, 0.25) is 36.3 Å². The molecule has 1 aliphatic rings. The molecule has 3 heterocycles. The summed E-state index contributed by atoms with van der Waals surface area (Å²) in [5.41, 5.74) is 3.55. The number of aromatic nitrogens is 4. The highest BCUT2D eigenvalue weighted by Gasteiger charge is 2.54. The molecule has 0 saturated carbocycles. The quantitative estimate of drug-likeness (QED) is 0.135. The number of rotatable bonds is 13. The number of hydrogen-bond donors (Lipinski definition) is 1. The largest absolute Gasteiger partial charge is 0.408 e. The number of benzene rings is 2. The highest BCUT2D eigenvalue weighted by atomic mass is 28.4. The van der Waals surface area contributed by atoms with E-state index in [1.807, 2.05) is 16.7 Å². The number of imidazole rings is 1. The first-order valence-electron chi connectivity index (χ1n) is 17.9. The predicted molar refractivity (Wildman–Crippen MR) is 208 cm³/mol. The van der Waals surface area contributed by atoms with Crippen LogP contribution in [0.3, 0.4) is 0 Å². The molecule has 0 amide bonds. The van der Waals surface area contributed by atoms with Crippen LogP contribution in [0.5, 0.6) is 0 Å². The molecule has 1 saturated heterocycles. The van der Waals surface area contributed by atoms with E-state index >= 15 is 0 Å². The van der Waals surface area contributed by atoms with E-state index < -0.39 is 29.0 Å². The fraction of sp³-hybridized carbons (Fsp3) is 0.538. The summed E-state index contributed by atoms with van der Waals surface area (Å²) in [6, 6.07) is 23.1. The first-order valence-corrected chi connectivity index (χ1v) is 23.7. The SMILES string of the molecule is COCC1OC(n2cnc3c(NCC(c4ccccc4)c4ccccc4)nc(CC#N)nc32)C(O[Si](C)(C)C(C)(C)C)C1O[Si](C)(C)C(C)(C)C. The van der Waals surface area contributed by atoms with Gasteiger partial charge in [-0.1, -0.05) is 102 Å². The highest BCUT2D eigenvalue weighted by molar-refractivity contribution is 6.74. The van der Waals surface area contributed by atoms with Gasteiger partial charge in [0.05, 0.1) is 25.4 Å². The molecule has 4 atom stereocenters. The number of ether oxygens (including phenoxy) is 2. The molecule has 2 aromatic carbocycles. The van der Waals surface area contributed by atoms with Gasteiger partial charge in [-0.05, 0) is 47.4 Å². The van der Waals surface area contributed by atoms with E-state index in [0.717, 1.165) is 0 Å². The fourth-order valence-corrected chi connectivity index (χ4v) is 8.56. The van der Waals surface area contributed by atoms with Crippen LogP contribution in [0.15, 0.2) is 67.0 Å². The number of nitrogens with one attached hydrogen (secondary N) is 1. The monoisotopic (exact) mass is 728 g/mol. The maximum Gasteiger partial charge on any atom is 0.192 e. The molecule has 1 fully saturated rings. The third kappa shape index (κ3) is 8.45. The van der Waals surface area contributed by atoms with Crippen LogP contribution in [-0.4, -0.2) is 74.7 Å². The molecular weight excluding hydrogens is 673 g/mol. The third-order valence-electron chi connectivity index (χ3n) is 10.9. The van der Waals surface area contributed by atoms with Gasteiger partial charge in [0.15, 0.2) is 39.8 Å². The van der Waals surface area contributed by atoms with E-state index in [1.165, 1.54) is 11.1 Å². The first kappa shape index (κ1) is 38.8. The molecule has 51 heavy (non-hydrogen) atoms. The van der Waals surface area contributed by atoms with Crippen LogP contribution in [0.25, 0.3) is 11.2 Å². The second-order valence-corrected chi connectivity index (χ2v) is 26.1. The van der Waals surface area contributed by atoms with Crippen molar-refractivity contribution in [3.05, 3.63) is 83.9 Å². The summed E-state index contributed by atoms with van der Waals surface area (Å²) in [4.78, 5) is 14.6. The predicted octanol–water partition coefficient (Wildman–Crippen LogP) is 8.46. The molecule has 0 radical (unpaired) electrons. The number of nitrogens with zero attached hydrogens (tertiary/aromatic N) is 5. The fourth-order valence-electron chi connectivity index (χ4n) is 5.95. The Labute approximate surface area is 306 Å². The topological polar surface area (TPSA) is 116 Å². The lowest BCUT2D eigenvalue weighted by Crippen LogP contribution is -2.54. The van der Waals surface area contributed by atoms with Gasteiger partial charge in [-0.15, -0.1) is 0 Å². The van der Waals surface area contributed by atoms with E-state index in [1.54, 1.807) is 13.4 Å². The van der Waals surface area contributed by atoms with Crippen molar-refractivity contribution in [1.82, 2.24) is 19.5 Å². The summed E-state index contributed by atoms with van der Waals surface area (Å²) in [7, 11) is -2.93. The van der Waals surface area contributed by atoms with E-state index in [-0.39, 0.29) is 34.6 Å². The van der Waals surface area contributed by atoms with E-state index in [9.17, 15) is 5.26 Å². The molecular formula is C39H56N6O4Si2. The normalized spacial score (nSPS) is 20.2. The molecule has 1 aliphatic heterocycles. The van der Waals surface area contributed by atoms with Gasteiger partial charge in [-0.2, -0.15) is 5.26 Å². The molecule has 12 heteroatoms. The molecule has 1 N–H and O–H groups in total. The van der Waals surface area contributed by atoms with Gasteiger partial charge in [-0.25, -0.2) is 15.0 Å². The van der Waals surface area contributed by atoms with Crippen molar-refractivity contribution in [2.24, 2.45) is 0 Å². The molecule has 4 aromatic rings. The zero-order chi connectivity index (χ0) is 37.2. The van der Waals surface area contributed by atoms with Crippen LogP contribution >= 0.6 is 0 Å². The number of anilines is 1. The summed E-state index contributed by atoms with van der Waals surface area (Å²) in [5.74, 6) is 1.04. The Hall–Kier alpha value is -3.45. The Kier molecular flexibility index (Phi) is 11.6. The minimum absolute atomic E-state index is 0.0245. The Morgan fingerprint density at radius 2 is 1.41 bits per heavy atom. The van der Waals surface area contributed by atoms with Gasteiger partial charge in [0.1, 0.15) is 24.1 Å². The minimum atomic E-state index is -2.34. The summed E-state index contributed by atoms with van der Waals surface area (Å²) in [5, 5.41) is 13.3. The lowest BCUT2D eigenvalue weighted by atomic mass is 9.91. The Morgan fingerprint density at radius 3 is 1.92 bits per heavy atom. The summed E-state index contributed by atoms with van der Waals surface area (Å²) in [6.07, 6.45) is 0.00421. The van der Waals surface area contributed by atoms with Crippen molar-refractivity contribution in [3.63, 3.8) is 0 Å². The van der Waals surface area contributed by atoms with Crippen LogP contribution in [-0.2, 0) is 24.7 Å². The number of nitriles is 1. The summed E-state index contributed by atoms with van der Waals surface area (Å²) < 4.78 is 29.0. The van der Waals surface area contributed by atoms with Gasteiger partial charge in [0.2, 0.25) is 0 Å². The maximum atomic E-state index is 9.74. The average Bonchev–Trinajstić information content (AvgIpc) is 3.62. The second kappa shape index (κ2) is 15.3. The number of hydrogen-bond acceptors (Lipinski definition) is 9. The minimum Gasteiger partial charge on any atom is -0.408 e. The van der Waals surface area contributed by atoms with Crippen molar-refractivity contribution < 1.29 is 18.3 Å². The van der Waals surface area contributed by atoms with Crippen molar-refractivity contribution in [3.8, 4) is 6.07 Å². The average molecular weight is 729 g/mol. The van der Waals surface area contributed by atoms with Gasteiger partial charge in [0.25, 0.3) is 0 Å². The van der Waals surface area contributed by atoms with Crippen LogP contribution in [0.1, 0.15) is 70.6 Å². The van der Waals surface area contributed by atoms with Crippen LogP contribution < -0.4 is 5.32 Å². The third-order valence-corrected chi connectivity index (χ3v) is 19.9. The van der Waals surface area contributed by atoms with Crippen molar-refractivity contribution >= 4 is 33.6 Å². The molecule has 0 bridgehead atoms. The molecule has 4 unspecified atom stereocenters. The zero-order valence-corrected chi connectivity index (χ0v) is 34.2. The zero-order valence-electron chi connectivity index (χ0n) is 32.2. The van der Waals surface area contributed by atoms with E-state index in [0.29, 0.717) is 36.0 Å². The van der Waals surface area contributed by atoms with E-state index in [4.69, 9.17) is 33.3 Å². The standard InChI is InChI=1S/C39H56N6O4Si2/c1-38(2,3)50(8,9)48-33-30(25-46-7)47-37(34(33)49-51(10,11)39(4,5)6)45-26-42-32-35(43-31(22-23-40)44-36(32)45)41-24-29(27-18-14-12-15-19-27)28-20-16-13-17-21-28/h12-21,26,29-30,33-34,37H,22,24-25H2,1-11H3,(H,41,43,44). The molecule has 0 spiro atoms. The lowest BCUT2D eigenvalue weighted by Gasteiger charge is -2.44. The smallest absolute Gasteiger partial charge is 0.192 e. The van der Waals surface area contributed by atoms with Crippen molar-refractivity contribution in [1.29, 1.82) is 5.26 Å². The van der Waals surface area contributed by atoms with Crippen LogP contribution in [0.4, 0.5) is 5.82 Å². The number of methoxy groups -OCH3 is 1. The molecule has 5 rings (SSSR count). The van der Waals surface area contributed by atoms with Gasteiger partial charge in [-0.3, -0.25) is 4.57 Å². The number of fused-ring (bicyclic) bond motifs is 1. The second-order valence-electron chi connectivity index (χ2n) is 16.6.